The summed E-state index contributed by atoms with van der Waals surface area (Å²) in [6.45, 7) is 8.27. The Morgan fingerprint density at radius 1 is 1.80 bits per heavy atom. The van der Waals surface area contributed by atoms with Crippen LogP contribution in [0.5, 0.6) is 0 Å². The fraction of sp³-hybridized carbons (Fsp3) is 0.727. The summed E-state index contributed by atoms with van der Waals surface area (Å²) in [6.07, 6.45) is 4.20. The summed E-state index contributed by atoms with van der Waals surface area (Å²) < 4.78 is 5.58. The van der Waals surface area contributed by atoms with Crippen LogP contribution in [0.2, 0.25) is 0 Å². The fourth-order valence-corrected chi connectivity index (χ4v) is 2.59. The van der Waals surface area contributed by atoms with Crippen molar-refractivity contribution in [2.75, 3.05) is 19.7 Å². The van der Waals surface area contributed by atoms with Crippen LogP contribution in [0.1, 0.15) is 19.8 Å². The summed E-state index contributed by atoms with van der Waals surface area (Å²) in [6, 6.07) is 0. The molecule has 0 aromatic carbocycles. The Labute approximate surface area is 90.8 Å². The van der Waals surface area contributed by atoms with Gasteiger partial charge in [-0.05, 0) is 19.8 Å². The van der Waals surface area contributed by atoms with Crippen LogP contribution in [0.25, 0.3) is 0 Å². The number of hydrogen-bond donors (Lipinski definition) is 1. The molecule has 2 N–H and O–H groups in total. The van der Waals surface area contributed by atoms with Crippen molar-refractivity contribution in [1.82, 2.24) is 4.90 Å². The first-order chi connectivity index (χ1) is 7.18. The molecular formula is C11H19N3O. The topological polar surface area (TPSA) is 50.8 Å². The highest BCUT2D eigenvalue weighted by molar-refractivity contribution is 5.81. The van der Waals surface area contributed by atoms with Crippen molar-refractivity contribution in [2.45, 2.75) is 31.4 Å². The third-order valence-electron chi connectivity index (χ3n) is 3.33. The van der Waals surface area contributed by atoms with E-state index in [-0.39, 0.29) is 5.54 Å². The zero-order valence-corrected chi connectivity index (χ0v) is 9.28. The largest absolute Gasteiger partial charge is 0.378 e. The molecule has 84 valence electrons. The van der Waals surface area contributed by atoms with Gasteiger partial charge < -0.3 is 15.4 Å². The minimum Gasteiger partial charge on any atom is -0.378 e. The van der Waals surface area contributed by atoms with Gasteiger partial charge in [0, 0.05) is 13.2 Å². The lowest BCUT2D eigenvalue weighted by molar-refractivity contribution is -0.0361. The molecule has 0 aromatic rings. The average molecular weight is 209 g/mol. The number of guanidine groups is 1. The van der Waals surface area contributed by atoms with Gasteiger partial charge in [0.15, 0.2) is 5.96 Å². The molecule has 2 heterocycles. The molecule has 2 aliphatic rings. The third-order valence-corrected chi connectivity index (χ3v) is 3.33. The summed E-state index contributed by atoms with van der Waals surface area (Å²) in [5.41, 5.74) is 6.00. The SMILES string of the molecule is C=CCN1C(N)=NCC12CCOC(C)C2. The van der Waals surface area contributed by atoms with Crippen molar-refractivity contribution in [2.24, 2.45) is 10.7 Å². The van der Waals surface area contributed by atoms with Gasteiger partial charge in [-0.3, -0.25) is 4.99 Å². The molecule has 0 amide bonds. The van der Waals surface area contributed by atoms with Gasteiger partial charge in [-0.25, -0.2) is 0 Å². The highest BCUT2D eigenvalue weighted by Gasteiger charge is 2.44. The lowest BCUT2D eigenvalue weighted by atomic mass is 9.86. The molecule has 2 atom stereocenters. The third kappa shape index (κ3) is 1.74. The lowest BCUT2D eigenvalue weighted by Crippen LogP contribution is -2.55. The van der Waals surface area contributed by atoms with Crippen molar-refractivity contribution >= 4 is 5.96 Å². The molecule has 2 rings (SSSR count). The van der Waals surface area contributed by atoms with Gasteiger partial charge in [-0.15, -0.1) is 6.58 Å². The Balaban J connectivity index is 2.16. The van der Waals surface area contributed by atoms with Crippen LogP contribution in [0, 0.1) is 0 Å². The van der Waals surface area contributed by atoms with Crippen LogP contribution < -0.4 is 5.73 Å². The predicted molar refractivity (Wildman–Crippen MR) is 60.8 cm³/mol. The molecule has 0 aliphatic carbocycles. The van der Waals surface area contributed by atoms with Crippen molar-refractivity contribution in [3.05, 3.63) is 12.7 Å². The zero-order valence-electron chi connectivity index (χ0n) is 9.28. The summed E-state index contributed by atoms with van der Waals surface area (Å²) in [5.74, 6) is 0.656. The van der Waals surface area contributed by atoms with Crippen LogP contribution in [0.3, 0.4) is 0 Å². The van der Waals surface area contributed by atoms with Gasteiger partial charge in [-0.1, -0.05) is 6.08 Å². The molecular weight excluding hydrogens is 190 g/mol. The number of hydrogen-bond acceptors (Lipinski definition) is 4. The minimum absolute atomic E-state index is 0.0932. The summed E-state index contributed by atoms with van der Waals surface area (Å²) in [4.78, 5) is 6.54. The molecule has 1 fully saturated rings. The van der Waals surface area contributed by atoms with Crippen LogP contribution in [0.15, 0.2) is 17.6 Å². The second kappa shape index (κ2) is 3.85. The van der Waals surface area contributed by atoms with Gasteiger partial charge in [-0.2, -0.15) is 0 Å². The molecule has 4 heteroatoms. The summed E-state index contributed by atoms with van der Waals surface area (Å²) >= 11 is 0. The molecule has 0 radical (unpaired) electrons. The predicted octanol–water partition coefficient (Wildman–Crippen LogP) is 0.740. The highest BCUT2D eigenvalue weighted by Crippen LogP contribution is 2.34. The van der Waals surface area contributed by atoms with E-state index >= 15 is 0 Å². The maximum Gasteiger partial charge on any atom is 0.192 e. The van der Waals surface area contributed by atoms with E-state index in [1.165, 1.54) is 0 Å². The molecule has 0 bridgehead atoms. The van der Waals surface area contributed by atoms with E-state index in [1.807, 2.05) is 6.08 Å². The van der Waals surface area contributed by atoms with Crippen LogP contribution >= 0.6 is 0 Å². The molecule has 1 spiro atoms. The van der Waals surface area contributed by atoms with Gasteiger partial charge in [0.25, 0.3) is 0 Å². The Morgan fingerprint density at radius 2 is 2.60 bits per heavy atom. The maximum absolute atomic E-state index is 5.90. The Kier molecular flexibility index (Phi) is 2.69. The smallest absolute Gasteiger partial charge is 0.192 e. The molecule has 2 aliphatic heterocycles. The maximum atomic E-state index is 5.90. The monoisotopic (exact) mass is 209 g/mol. The quantitative estimate of drug-likeness (QED) is 0.682. The molecule has 0 saturated carbocycles. The fourth-order valence-electron chi connectivity index (χ4n) is 2.59. The molecule has 0 aromatic heterocycles. The van der Waals surface area contributed by atoms with E-state index in [0.717, 1.165) is 32.5 Å². The van der Waals surface area contributed by atoms with Crippen molar-refractivity contribution in [1.29, 1.82) is 0 Å². The van der Waals surface area contributed by atoms with Crippen molar-refractivity contribution in [3.63, 3.8) is 0 Å². The number of ether oxygens (including phenoxy) is 1. The zero-order chi connectivity index (χ0) is 10.9. The number of rotatable bonds is 2. The van der Waals surface area contributed by atoms with Gasteiger partial charge in [0.1, 0.15) is 0 Å². The number of aliphatic imine (C=N–C) groups is 1. The second-order valence-electron chi connectivity index (χ2n) is 4.43. The van der Waals surface area contributed by atoms with Gasteiger partial charge >= 0.3 is 0 Å². The summed E-state index contributed by atoms with van der Waals surface area (Å²) in [7, 11) is 0. The first-order valence-electron chi connectivity index (χ1n) is 5.48. The molecule has 4 nitrogen and oxygen atoms in total. The first-order valence-corrected chi connectivity index (χ1v) is 5.48. The van der Waals surface area contributed by atoms with E-state index < -0.39 is 0 Å². The average Bonchev–Trinajstić information content (AvgIpc) is 2.48. The van der Waals surface area contributed by atoms with E-state index in [1.54, 1.807) is 0 Å². The van der Waals surface area contributed by atoms with Gasteiger partial charge in [0.05, 0.1) is 18.2 Å². The van der Waals surface area contributed by atoms with E-state index in [2.05, 4.69) is 23.4 Å². The number of nitrogens with two attached hydrogens (primary N) is 1. The second-order valence-corrected chi connectivity index (χ2v) is 4.43. The highest BCUT2D eigenvalue weighted by atomic mass is 16.5. The van der Waals surface area contributed by atoms with Crippen LogP contribution in [-0.4, -0.2) is 42.2 Å². The van der Waals surface area contributed by atoms with E-state index in [0.29, 0.717) is 12.1 Å². The lowest BCUT2D eigenvalue weighted by Gasteiger charge is -2.43. The molecule has 2 unspecified atom stereocenters. The minimum atomic E-state index is 0.0932. The molecule has 1 saturated heterocycles. The molecule has 15 heavy (non-hydrogen) atoms. The first kappa shape index (κ1) is 10.5. The Bertz CT molecular complexity index is 290. The standard InChI is InChI=1S/C11H19N3O/c1-3-5-14-10(12)13-8-11(14)4-6-15-9(2)7-11/h3,9H,1,4-8H2,2H3,(H2,12,13). The Morgan fingerprint density at radius 3 is 3.27 bits per heavy atom. The Hall–Kier alpha value is -1.03. The van der Waals surface area contributed by atoms with E-state index in [4.69, 9.17) is 10.5 Å². The van der Waals surface area contributed by atoms with Crippen LogP contribution in [-0.2, 0) is 4.74 Å². The van der Waals surface area contributed by atoms with E-state index in [9.17, 15) is 0 Å². The summed E-state index contributed by atoms with van der Waals surface area (Å²) in [5, 5.41) is 0. The van der Waals surface area contributed by atoms with Gasteiger partial charge in [0.2, 0.25) is 0 Å². The normalized spacial score (nSPS) is 35.7. The number of nitrogens with zero attached hydrogens (tertiary/aromatic N) is 2. The van der Waals surface area contributed by atoms with Crippen molar-refractivity contribution < 1.29 is 4.74 Å². The van der Waals surface area contributed by atoms with Crippen molar-refractivity contribution in [3.8, 4) is 0 Å². The van der Waals surface area contributed by atoms with Crippen LogP contribution in [0.4, 0.5) is 0 Å².